The maximum atomic E-state index is 11.7. The third kappa shape index (κ3) is 4.74. The fraction of sp³-hybridized carbons (Fsp3) is 0.824. The number of nitrogens with one attached hydrogen (secondary N) is 1. The van der Waals surface area contributed by atoms with Crippen molar-refractivity contribution in [1.29, 1.82) is 0 Å². The van der Waals surface area contributed by atoms with E-state index in [2.05, 4.69) is 11.4 Å². The van der Waals surface area contributed by atoms with Crippen LogP contribution in [0.2, 0.25) is 0 Å². The van der Waals surface area contributed by atoms with Gasteiger partial charge in [0.1, 0.15) is 5.60 Å². The molecule has 5 nitrogen and oxygen atoms in total. The summed E-state index contributed by atoms with van der Waals surface area (Å²) >= 11 is 0. The molecule has 1 amide bonds. The van der Waals surface area contributed by atoms with Crippen LogP contribution >= 0.6 is 0 Å². The number of hydrogen-bond donors (Lipinski definition) is 1. The van der Waals surface area contributed by atoms with E-state index in [1.807, 2.05) is 54.4 Å². The average Bonchev–Trinajstić information content (AvgIpc) is 2.48. The number of carbonyl (C=O) groups excluding carboxylic acids is 1. The third-order valence-electron chi connectivity index (χ3n) is 4.71. The summed E-state index contributed by atoms with van der Waals surface area (Å²) in [6.07, 6.45) is 3.65. The van der Waals surface area contributed by atoms with Gasteiger partial charge < -0.3 is 19.4 Å². The SMILES string of the molecule is CC(C)(C)OC(=O)NC1CC(/C=C/B2OC(C)(C)C(C)(C)O2)C1. The number of allylic oxidation sites excluding steroid dienone is 1. The van der Waals surface area contributed by atoms with Crippen LogP contribution in [0.15, 0.2) is 12.1 Å². The van der Waals surface area contributed by atoms with Gasteiger partial charge in [-0.3, -0.25) is 0 Å². The normalized spacial score (nSPS) is 29.4. The zero-order valence-corrected chi connectivity index (χ0v) is 15.4. The van der Waals surface area contributed by atoms with Gasteiger partial charge in [-0.2, -0.15) is 0 Å². The molecule has 130 valence electrons. The summed E-state index contributed by atoms with van der Waals surface area (Å²) < 4.78 is 17.1. The molecular formula is C17H30BNO4. The van der Waals surface area contributed by atoms with Gasteiger partial charge in [0.25, 0.3) is 0 Å². The van der Waals surface area contributed by atoms with E-state index in [0.717, 1.165) is 12.8 Å². The summed E-state index contributed by atoms with van der Waals surface area (Å²) in [5, 5.41) is 2.90. The van der Waals surface area contributed by atoms with E-state index >= 15 is 0 Å². The number of hydrogen-bond acceptors (Lipinski definition) is 4. The Morgan fingerprint density at radius 3 is 2.17 bits per heavy atom. The molecule has 2 fully saturated rings. The second-order valence-electron chi connectivity index (χ2n) is 8.58. The first kappa shape index (κ1) is 18.3. The van der Waals surface area contributed by atoms with E-state index in [1.165, 1.54) is 0 Å². The smallest absolute Gasteiger partial charge is 0.444 e. The molecule has 1 heterocycles. The molecule has 1 aliphatic heterocycles. The molecule has 1 N–H and O–H groups in total. The summed E-state index contributed by atoms with van der Waals surface area (Å²) in [5.41, 5.74) is -1.06. The van der Waals surface area contributed by atoms with Crippen LogP contribution in [-0.4, -0.2) is 36.1 Å². The lowest BCUT2D eigenvalue weighted by Gasteiger charge is -2.34. The van der Waals surface area contributed by atoms with Crippen molar-refractivity contribution < 1.29 is 18.8 Å². The van der Waals surface area contributed by atoms with Crippen LogP contribution in [-0.2, 0) is 14.0 Å². The highest BCUT2D eigenvalue weighted by atomic mass is 16.7. The second kappa shape index (κ2) is 6.13. The van der Waals surface area contributed by atoms with E-state index in [4.69, 9.17) is 14.0 Å². The second-order valence-corrected chi connectivity index (χ2v) is 8.58. The van der Waals surface area contributed by atoms with Crippen LogP contribution in [0.5, 0.6) is 0 Å². The Morgan fingerprint density at radius 1 is 1.17 bits per heavy atom. The van der Waals surface area contributed by atoms with Gasteiger partial charge in [0, 0.05) is 6.04 Å². The standard InChI is InChI=1S/C17H30BNO4/c1-15(2,3)21-14(20)19-13-10-12(11-13)8-9-18-22-16(4,5)17(6,7)23-18/h8-9,12-13H,10-11H2,1-7H3,(H,19,20)/b9-8+. The number of carbonyl (C=O) groups is 1. The monoisotopic (exact) mass is 323 g/mol. The quantitative estimate of drug-likeness (QED) is 0.808. The molecule has 0 atom stereocenters. The summed E-state index contributed by atoms with van der Waals surface area (Å²) in [6, 6.07) is 0.192. The molecule has 0 unspecified atom stereocenters. The van der Waals surface area contributed by atoms with Crippen molar-refractivity contribution in [2.45, 2.75) is 84.2 Å². The van der Waals surface area contributed by atoms with Gasteiger partial charge in [0.15, 0.2) is 0 Å². The summed E-state index contributed by atoms with van der Waals surface area (Å²) in [7, 11) is -0.294. The van der Waals surface area contributed by atoms with E-state index in [1.54, 1.807) is 0 Å². The fourth-order valence-electron chi connectivity index (χ4n) is 2.63. The molecule has 23 heavy (non-hydrogen) atoms. The summed E-state index contributed by atoms with van der Waals surface area (Å²) in [5.74, 6) is 2.44. The fourth-order valence-corrected chi connectivity index (χ4v) is 2.63. The molecule has 6 heteroatoms. The Kier molecular flexibility index (Phi) is 4.89. The van der Waals surface area contributed by atoms with E-state index in [0.29, 0.717) is 5.92 Å². The number of amides is 1. The zero-order valence-electron chi connectivity index (χ0n) is 15.4. The van der Waals surface area contributed by atoms with Gasteiger partial charge in [0.2, 0.25) is 0 Å². The van der Waals surface area contributed by atoms with Gasteiger partial charge in [-0.25, -0.2) is 4.79 Å². The molecule has 1 aliphatic carbocycles. The highest BCUT2D eigenvalue weighted by Crippen LogP contribution is 2.37. The topological polar surface area (TPSA) is 56.8 Å². The van der Waals surface area contributed by atoms with E-state index < -0.39 is 5.60 Å². The maximum absolute atomic E-state index is 11.7. The van der Waals surface area contributed by atoms with Crippen molar-refractivity contribution in [2.24, 2.45) is 5.92 Å². The first-order valence-electron chi connectivity index (χ1n) is 8.41. The molecule has 0 aromatic carbocycles. The number of rotatable bonds is 3. The highest BCUT2D eigenvalue weighted by molar-refractivity contribution is 6.51. The van der Waals surface area contributed by atoms with Gasteiger partial charge in [-0.15, -0.1) is 0 Å². The molecular weight excluding hydrogens is 293 g/mol. The van der Waals surface area contributed by atoms with Crippen LogP contribution in [0, 0.1) is 5.92 Å². The number of alkyl carbamates (subject to hydrolysis) is 1. The first-order valence-corrected chi connectivity index (χ1v) is 8.41. The molecule has 0 bridgehead atoms. The molecule has 0 spiro atoms. The molecule has 2 rings (SSSR count). The predicted molar refractivity (Wildman–Crippen MR) is 91.1 cm³/mol. The number of ether oxygens (including phenoxy) is 1. The zero-order chi connectivity index (χ0) is 17.5. The van der Waals surface area contributed by atoms with Crippen molar-refractivity contribution in [2.75, 3.05) is 0 Å². The van der Waals surface area contributed by atoms with Crippen molar-refractivity contribution in [3.63, 3.8) is 0 Å². The Morgan fingerprint density at radius 2 is 1.70 bits per heavy atom. The third-order valence-corrected chi connectivity index (χ3v) is 4.71. The lowest BCUT2D eigenvalue weighted by atomic mass is 9.77. The van der Waals surface area contributed by atoms with Crippen LogP contribution in [0.4, 0.5) is 4.79 Å². The van der Waals surface area contributed by atoms with Gasteiger partial charge in [0.05, 0.1) is 11.2 Å². The molecule has 1 saturated heterocycles. The largest absolute Gasteiger partial charge is 0.486 e. The van der Waals surface area contributed by atoms with Gasteiger partial charge in [-0.1, -0.05) is 12.1 Å². The van der Waals surface area contributed by atoms with Crippen molar-refractivity contribution in [3.05, 3.63) is 12.1 Å². The van der Waals surface area contributed by atoms with Gasteiger partial charge >= 0.3 is 13.2 Å². The van der Waals surface area contributed by atoms with Crippen molar-refractivity contribution >= 4 is 13.2 Å². The molecule has 1 saturated carbocycles. The lowest BCUT2D eigenvalue weighted by molar-refractivity contribution is 0.00578. The molecule has 0 aromatic rings. The van der Waals surface area contributed by atoms with Crippen LogP contribution in [0.25, 0.3) is 0 Å². The van der Waals surface area contributed by atoms with Crippen molar-refractivity contribution in [3.8, 4) is 0 Å². The Bertz CT molecular complexity index is 459. The van der Waals surface area contributed by atoms with Crippen LogP contribution in [0.1, 0.15) is 61.3 Å². The van der Waals surface area contributed by atoms with E-state index in [9.17, 15) is 4.79 Å². The molecule has 0 aromatic heterocycles. The highest BCUT2D eigenvalue weighted by Gasteiger charge is 2.50. The predicted octanol–water partition coefficient (Wildman–Crippen LogP) is 3.48. The average molecular weight is 323 g/mol. The minimum Gasteiger partial charge on any atom is -0.444 e. The Labute approximate surface area is 140 Å². The molecule has 0 radical (unpaired) electrons. The van der Waals surface area contributed by atoms with Crippen molar-refractivity contribution in [1.82, 2.24) is 5.32 Å². The van der Waals surface area contributed by atoms with Crippen LogP contribution < -0.4 is 5.32 Å². The molecule has 2 aliphatic rings. The van der Waals surface area contributed by atoms with E-state index in [-0.39, 0.29) is 30.5 Å². The van der Waals surface area contributed by atoms with Gasteiger partial charge in [-0.05, 0) is 67.2 Å². The minimum atomic E-state index is -0.454. The summed E-state index contributed by atoms with van der Waals surface area (Å²) in [4.78, 5) is 11.7. The summed E-state index contributed by atoms with van der Waals surface area (Å²) in [6.45, 7) is 13.8. The Hall–Kier alpha value is -1.01. The minimum absolute atomic E-state index is 0.192. The maximum Gasteiger partial charge on any atom is 0.486 e. The van der Waals surface area contributed by atoms with Crippen LogP contribution in [0.3, 0.4) is 0 Å². The first-order chi connectivity index (χ1) is 10.4. The Balaban J connectivity index is 1.72. The lowest BCUT2D eigenvalue weighted by Crippen LogP contribution is -2.45.